The first kappa shape index (κ1) is 25.7. The highest BCUT2D eigenvalue weighted by Crippen LogP contribution is 2.34. The number of nitrogens with two attached hydrogens (primary N) is 1. The van der Waals surface area contributed by atoms with Crippen LogP contribution in [-0.2, 0) is 9.53 Å². The van der Waals surface area contributed by atoms with Gasteiger partial charge in [-0.25, -0.2) is 9.67 Å². The first-order valence-corrected chi connectivity index (χ1v) is 11.3. The first-order valence-electron chi connectivity index (χ1n) is 10.9. The highest BCUT2D eigenvalue weighted by molar-refractivity contribution is 6.32. The van der Waals surface area contributed by atoms with Crippen LogP contribution >= 0.6 is 11.6 Å². The Hall–Kier alpha value is -4.37. The minimum Gasteiger partial charge on any atom is -0.503 e. The van der Waals surface area contributed by atoms with Crippen LogP contribution in [0.15, 0.2) is 43.1 Å². The fourth-order valence-corrected chi connectivity index (χ4v) is 4.39. The number of halogens is 3. The van der Waals surface area contributed by atoms with Crippen LogP contribution in [0, 0.1) is 11.8 Å². The number of amides is 2. The van der Waals surface area contributed by atoms with Gasteiger partial charge in [0.05, 0.1) is 34.9 Å². The zero-order valence-electron chi connectivity index (χ0n) is 19.8. The number of imidazole rings is 1. The van der Waals surface area contributed by atoms with Crippen LogP contribution in [0.3, 0.4) is 0 Å². The van der Waals surface area contributed by atoms with Crippen molar-refractivity contribution in [3.8, 4) is 11.8 Å². The molecule has 13 heteroatoms. The summed E-state index contributed by atoms with van der Waals surface area (Å²) in [4.78, 5) is 30.2. The number of fused-ring (bicyclic) bond motifs is 1. The number of hydrogen-bond acceptors (Lipinski definition) is 6. The SMILES string of the molecule is C=CC(=O)N1C[C@@H](n2nc(C#Cc3cc4ncn(C(F)F)c4cc3Cl)c(C(N)=O)c2NC)C/C1=C\OC. The second-order valence-corrected chi connectivity index (χ2v) is 8.39. The molecule has 3 N–H and O–H groups in total. The molecule has 3 heterocycles. The van der Waals surface area contributed by atoms with Gasteiger partial charge in [-0.05, 0) is 24.1 Å². The van der Waals surface area contributed by atoms with Crippen LogP contribution in [0.4, 0.5) is 14.6 Å². The van der Waals surface area contributed by atoms with Gasteiger partial charge in [0.15, 0.2) is 5.69 Å². The predicted molar refractivity (Wildman–Crippen MR) is 133 cm³/mol. The van der Waals surface area contributed by atoms with Gasteiger partial charge in [0, 0.05) is 25.6 Å². The van der Waals surface area contributed by atoms with Crippen molar-refractivity contribution in [2.75, 3.05) is 26.0 Å². The predicted octanol–water partition coefficient (Wildman–Crippen LogP) is 3.27. The Bertz CT molecular complexity index is 1500. The van der Waals surface area contributed by atoms with Crippen LogP contribution < -0.4 is 11.1 Å². The van der Waals surface area contributed by atoms with E-state index in [0.29, 0.717) is 28.1 Å². The lowest BCUT2D eigenvalue weighted by molar-refractivity contribution is -0.123. The van der Waals surface area contributed by atoms with Gasteiger partial charge in [-0.3, -0.25) is 14.2 Å². The number of anilines is 1. The third kappa shape index (κ3) is 4.73. The summed E-state index contributed by atoms with van der Waals surface area (Å²) in [7, 11) is 3.08. The van der Waals surface area contributed by atoms with Gasteiger partial charge in [-0.15, -0.1) is 0 Å². The molecule has 4 rings (SSSR count). The van der Waals surface area contributed by atoms with E-state index in [0.717, 1.165) is 6.33 Å². The van der Waals surface area contributed by atoms with E-state index < -0.39 is 12.5 Å². The number of allylic oxidation sites excluding steroid dienone is 1. The maximum atomic E-state index is 13.2. The van der Waals surface area contributed by atoms with E-state index in [1.807, 2.05) is 0 Å². The number of nitrogens with zero attached hydrogens (tertiary/aromatic N) is 5. The van der Waals surface area contributed by atoms with E-state index in [1.54, 1.807) is 11.7 Å². The number of alkyl halides is 2. The number of aromatic nitrogens is 4. The molecule has 1 atom stereocenters. The number of ether oxygens (including phenoxy) is 1. The third-order valence-electron chi connectivity index (χ3n) is 5.81. The normalized spacial score (nSPS) is 16.2. The molecule has 37 heavy (non-hydrogen) atoms. The molecule has 0 unspecified atom stereocenters. The summed E-state index contributed by atoms with van der Waals surface area (Å²) in [6.45, 7) is 1.01. The number of hydrogen-bond donors (Lipinski definition) is 2. The fourth-order valence-electron chi connectivity index (χ4n) is 4.18. The highest BCUT2D eigenvalue weighted by atomic mass is 35.5. The van der Waals surface area contributed by atoms with Crippen LogP contribution in [-0.4, -0.2) is 56.7 Å². The van der Waals surface area contributed by atoms with Crippen molar-refractivity contribution in [3.63, 3.8) is 0 Å². The smallest absolute Gasteiger partial charge is 0.320 e. The zero-order chi connectivity index (χ0) is 26.9. The lowest BCUT2D eigenvalue weighted by Crippen LogP contribution is -2.27. The Morgan fingerprint density at radius 3 is 2.76 bits per heavy atom. The average molecular weight is 530 g/mol. The van der Waals surface area contributed by atoms with E-state index in [2.05, 4.69) is 33.8 Å². The number of methoxy groups -OCH3 is 1. The minimum atomic E-state index is -2.77. The third-order valence-corrected chi connectivity index (χ3v) is 6.12. The second-order valence-electron chi connectivity index (χ2n) is 7.99. The lowest BCUT2D eigenvalue weighted by atomic mass is 10.1. The van der Waals surface area contributed by atoms with Gasteiger partial charge in [-0.1, -0.05) is 24.1 Å². The second kappa shape index (κ2) is 10.3. The molecule has 0 saturated carbocycles. The molecule has 192 valence electrons. The molecular weight excluding hydrogens is 508 g/mol. The van der Waals surface area contributed by atoms with Gasteiger partial charge >= 0.3 is 6.55 Å². The number of carbonyl (C=O) groups excluding carboxylic acids is 2. The Kier molecular flexibility index (Phi) is 7.17. The minimum absolute atomic E-state index is 0.0555. The molecule has 3 aromatic rings. The quantitative estimate of drug-likeness (QED) is 0.287. The monoisotopic (exact) mass is 529 g/mol. The Balaban J connectivity index is 1.77. The standard InChI is InChI=1S/C24H22ClF2N7O3/c1-4-20(35)32-10-14(8-15(32)11-37-3)34-23(29-2)21(22(28)36)17(31-34)6-5-13-7-18-19(9-16(13)25)33(12-30-18)24(26)27/h4,7,9,11-12,14,24,29H,1,8,10H2,2-3H3,(H2,28,36)/b15-11+/t14-/m0/s1. The molecule has 10 nitrogen and oxygen atoms in total. The Labute approximate surface area is 215 Å². The van der Waals surface area contributed by atoms with E-state index in [9.17, 15) is 18.4 Å². The molecule has 0 bridgehead atoms. The molecular formula is C24H22ClF2N7O3. The number of carbonyl (C=O) groups is 2. The molecule has 2 amide bonds. The van der Waals surface area contributed by atoms with Gasteiger partial charge in [0.25, 0.3) is 5.91 Å². The van der Waals surface area contributed by atoms with E-state index in [1.165, 1.54) is 36.5 Å². The van der Waals surface area contributed by atoms with Crippen molar-refractivity contribution in [3.05, 3.63) is 64.9 Å². The summed E-state index contributed by atoms with van der Waals surface area (Å²) in [5, 5.41) is 7.59. The fraction of sp³-hybridized carbons (Fsp3) is 0.250. The van der Waals surface area contributed by atoms with Crippen molar-refractivity contribution >= 4 is 40.3 Å². The topological polar surface area (TPSA) is 120 Å². The molecule has 1 aromatic carbocycles. The molecule has 0 radical (unpaired) electrons. The number of primary amides is 1. The van der Waals surface area contributed by atoms with Crippen molar-refractivity contribution in [2.45, 2.75) is 19.0 Å². The van der Waals surface area contributed by atoms with Crippen molar-refractivity contribution < 1.29 is 23.1 Å². The number of likely N-dealkylation sites (tertiary alicyclic amines) is 1. The van der Waals surface area contributed by atoms with Crippen LogP contribution in [0.5, 0.6) is 0 Å². The summed E-state index contributed by atoms with van der Waals surface area (Å²) in [6.07, 6.45) is 4.06. The molecule has 1 saturated heterocycles. The molecule has 0 spiro atoms. The largest absolute Gasteiger partial charge is 0.503 e. The van der Waals surface area contributed by atoms with Crippen molar-refractivity contribution in [1.82, 2.24) is 24.2 Å². The molecule has 1 aliphatic heterocycles. The lowest BCUT2D eigenvalue weighted by Gasteiger charge is -2.16. The van der Waals surface area contributed by atoms with Gasteiger partial charge in [-0.2, -0.15) is 13.9 Å². The van der Waals surface area contributed by atoms with Crippen LogP contribution in [0.1, 0.15) is 40.6 Å². The Morgan fingerprint density at radius 1 is 1.38 bits per heavy atom. The summed E-state index contributed by atoms with van der Waals surface area (Å²) in [5.74, 6) is 4.91. The molecule has 1 fully saturated rings. The molecule has 2 aromatic heterocycles. The summed E-state index contributed by atoms with van der Waals surface area (Å²) >= 11 is 6.30. The molecule has 1 aliphatic rings. The van der Waals surface area contributed by atoms with E-state index in [4.69, 9.17) is 22.1 Å². The molecule has 0 aliphatic carbocycles. The summed E-state index contributed by atoms with van der Waals surface area (Å²) < 4.78 is 33.7. The Morgan fingerprint density at radius 2 is 2.14 bits per heavy atom. The van der Waals surface area contributed by atoms with Crippen LogP contribution in [0.2, 0.25) is 5.02 Å². The number of rotatable bonds is 6. The van der Waals surface area contributed by atoms with Crippen molar-refractivity contribution in [2.24, 2.45) is 5.73 Å². The average Bonchev–Trinajstić information content (AvgIpc) is 3.56. The van der Waals surface area contributed by atoms with Gasteiger partial charge in [0.1, 0.15) is 24.0 Å². The summed E-state index contributed by atoms with van der Waals surface area (Å²) in [5.41, 5.74) is 7.15. The van der Waals surface area contributed by atoms with E-state index in [-0.39, 0.29) is 45.8 Å². The van der Waals surface area contributed by atoms with Gasteiger partial charge < -0.3 is 20.7 Å². The number of benzene rings is 1. The number of nitrogens with one attached hydrogen (secondary N) is 1. The van der Waals surface area contributed by atoms with Crippen molar-refractivity contribution in [1.29, 1.82) is 0 Å². The maximum Gasteiger partial charge on any atom is 0.320 e. The maximum absolute atomic E-state index is 13.2. The highest BCUT2D eigenvalue weighted by Gasteiger charge is 2.35. The van der Waals surface area contributed by atoms with Crippen LogP contribution in [0.25, 0.3) is 11.0 Å². The zero-order valence-corrected chi connectivity index (χ0v) is 20.6. The first-order chi connectivity index (χ1) is 17.7. The van der Waals surface area contributed by atoms with E-state index >= 15 is 0 Å². The van der Waals surface area contributed by atoms with Gasteiger partial charge in [0.2, 0.25) is 5.91 Å². The summed E-state index contributed by atoms with van der Waals surface area (Å²) in [6, 6.07) is 2.46.